The lowest BCUT2D eigenvalue weighted by Gasteiger charge is -2.22. The Morgan fingerprint density at radius 3 is 2.77 bits per heavy atom. The Morgan fingerprint density at radius 2 is 2.04 bits per heavy atom. The number of benzene rings is 1. The second kappa shape index (κ2) is 8.62. The van der Waals surface area contributed by atoms with Crippen molar-refractivity contribution in [1.82, 2.24) is 10.3 Å². The molecule has 1 atom stereocenters. The number of nitrogens with one attached hydrogen (secondary N) is 1. The largest absolute Gasteiger partial charge is 0.441 e. The van der Waals surface area contributed by atoms with E-state index in [0.29, 0.717) is 17.3 Å². The van der Waals surface area contributed by atoms with Crippen molar-refractivity contribution in [3.05, 3.63) is 41.3 Å². The SMILES string of the molecule is Cc1cccc(-c2nc(C[S@@](=O)CC(=O)NC3CCCCC3)c(C)o2)c1. The van der Waals surface area contributed by atoms with Crippen LogP contribution in [0.4, 0.5) is 0 Å². The van der Waals surface area contributed by atoms with Gasteiger partial charge < -0.3 is 9.73 Å². The fourth-order valence-corrected chi connectivity index (χ4v) is 4.38. The van der Waals surface area contributed by atoms with Crippen molar-refractivity contribution in [3.63, 3.8) is 0 Å². The zero-order valence-electron chi connectivity index (χ0n) is 15.4. The summed E-state index contributed by atoms with van der Waals surface area (Å²) in [6.45, 7) is 3.83. The Balaban J connectivity index is 1.58. The van der Waals surface area contributed by atoms with Crippen LogP contribution in [0.25, 0.3) is 11.5 Å². The minimum absolute atomic E-state index is 0.0164. The maximum Gasteiger partial charge on any atom is 0.232 e. The van der Waals surface area contributed by atoms with Crippen molar-refractivity contribution < 1.29 is 13.4 Å². The maximum absolute atomic E-state index is 12.4. The summed E-state index contributed by atoms with van der Waals surface area (Å²) in [6, 6.07) is 8.16. The molecule has 3 rings (SSSR count). The summed E-state index contributed by atoms with van der Waals surface area (Å²) in [4.78, 5) is 16.6. The zero-order valence-corrected chi connectivity index (χ0v) is 16.2. The number of hydrogen-bond acceptors (Lipinski definition) is 4. The number of carbonyl (C=O) groups excluding carboxylic acids is 1. The average molecular weight is 375 g/mol. The molecule has 0 bridgehead atoms. The lowest BCUT2D eigenvalue weighted by Crippen LogP contribution is -2.38. The standard InChI is InChI=1S/C20H26N2O3S/c1-14-7-6-8-16(11-14)20-22-18(15(2)25-20)12-26(24)13-19(23)21-17-9-4-3-5-10-17/h6-8,11,17H,3-5,9-10,12-13H2,1-2H3,(H,21,23)/t26-/m1/s1. The second-order valence-electron chi connectivity index (χ2n) is 7.02. The molecule has 1 saturated carbocycles. The summed E-state index contributed by atoms with van der Waals surface area (Å²) in [5.74, 6) is 1.31. The van der Waals surface area contributed by atoms with Crippen LogP contribution in [0.15, 0.2) is 28.7 Å². The molecule has 1 aliphatic rings. The molecule has 6 heteroatoms. The second-order valence-corrected chi connectivity index (χ2v) is 8.48. The van der Waals surface area contributed by atoms with Crippen LogP contribution in [0.2, 0.25) is 0 Å². The number of nitrogens with zero attached hydrogens (tertiary/aromatic N) is 1. The molecule has 0 saturated heterocycles. The normalized spacial score (nSPS) is 16.4. The van der Waals surface area contributed by atoms with Crippen molar-refractivity contribution in [2.24, 2.45) is 0 Å². The summed E-state index contributed by atoms with van der Waals surface area (Å²) in [6.07, 6.45) is 5.62. The number of amides is 1. The third kappa shape index (κ3) is 5.04. The summed E-state index contributed by atoms with van der Waals surface area (Å²) < 4.78 is 18.1. The van der Waals surface area contributed by atoms with Gasteiger partial charge >= 0.3 is 0 Å². The van der Waals surface area contributed by atoms with E-state index in [1.807, 2.05) is 38.1 Å². The highest BCUT2D eigenvalue weighted by Crippen LogP contribution is 2.23. The monoisotopic (exact) mass is 374 g/mol. The van der Waals surface area contributed by atoms with E-state index in [4.69, 9.17) is 4.42 Å². The minimum Gasteiger partial charge on any atom is -0.441 e. The smallest absolute Gasteiger partial charge is 0.232 e. The van der Waals surface area contributed by atoms with Gasteiger partial charge in [0, 0.05) is 22.4 Å². The highest BCUT2D eigenvalue weighted by molar-refractivity contribution is 7.84. The molecule has 0 unspecified atom stereocenters. The number of oxazole rings is 1. The van der Waals surface area contributed by atoms with Gasteiger partial charge in [-0.1, -0.05) is 37.0 Å². The Bertz CT molecular complexity index is 794. The van der Waals surface area contributed by atoms with Crippen LogP contribution in [-0.2, 0) is 21.3 Å². The van der Waals surface area contributed by atoms with E-state index in [2.05, 4.69) is 10.3 Å². The molecule has 1 aromatic heterocycles. The molecule has 0 spiro atoms. The highest BCUT2D eigenvalue weighted by Gasteiger charge is 2.19. The van der Waals surface area contributed by atoms with Crippen molar-refractivity contribution in [2.75, 3.05) is 5.75 Å². The quantitative estimate of drug-likeness (QED) is 0.838. The zero-order chi connectivity index (χ0) is 18.5. The van der Waals surface area contributed by atoms with Crippen molar-refractivity contribution in [3.8, 4) is 11.5 Å². The Morgan fingerprint density at radius 1 is 1.27 bits per heavy atom. The van der Waals surface area contributed by atoms with Gasteiger partial charge in [-0.2, -0.15) is 0 Å². The number of rotatable bonds is 6. The molecule has 1 fully saturated rings. The molecule has 26 heavy (non-hydrogen) atoms. The van der Waals surface area contributed by atoms with Gasteiger partial charge in [-0.15, -0.1) is 0 Å². The number of aromatic nitrogens is 1. The van der Waals surface area contributed by atoms with E-state index < -0.39 is 10.8 Å². The van der Waals surface area contributed by atoms with E-state index in [9.17, 15) is 9.00 Å². The Kier molecular flexibility index (Phi) is 6.25. The van der Waals surface area contributed by atoms with E-state index in [1.54, 1.807) is 0 Å². The van der Waals surface area contributed by atoms with Crippen molar-refractivity contribution in [2.45, 2.75) is 57.7 Å². The summed E-state index contributed by atoms with van der Waals surface area (Å²) in [7, 11) is -1.30. The average Bonchev–Trinajstić information content (AvgIpc) is 2.96. The van der Waals surface area contributed by atoms with E-state index in [-0.39, 0.29) is 23.5 Å². The molecular weight excluding hydrogens is 348 g/mol. The molecule has 1 amide bonds. The van der Waals surface area contributed by atoms with Crippen LogP contribution < -0.4 is 5.32 Å². The predicted molar refractivity (Wildman–Crippen MR) is 103 cm³/mol. The minimum atomic E-state index is -1.30. The van der Waals surface area contributed by atoms with Gasteiger partial charge in [0.05, 0.1) is 11.4 Å². The molecule has 5 nitrogen and oxygen atoms in total. The Hall–Kier alpha value is -1.95. The van der Waals surface area contributed by atoms with E-state index in [0.717, 1.165) is 36.8 Å². The first-order chi connectivity index (χ1) is 12.5. The molecule has 0 aliphatic heterocycles. The lowest BCUT2D eigenvalue weighted by molar-refractivity contribution is -0.119. The number of carbonyl (C=O) groups is 1. The van der Waals surface area contributed by atoms with Gasteiger partial charge in [0.15, 0.2) is 0 Å². The van der Waals surface area contributed by atoms with Gasteiger partial charge in [-0.05, 0) is 38.8 Å². The highest BCUT2D eigenvalue weighted by atomic mass is 32.2. The fourth-order valence-electron chi connectivity index (χ4n) is 3.33. The van der Waals surface area contributed by atoms with Crippen LogP contribution in [0, 0.1) is 13.8 Å². The third-order valence-corrected chi connectivity index (χ3v) is 5.90. The first kappa shape index (κ1) is 18.8. The van der Waals surface area contributed by atoms with Crippen molar-refractivity contribution in [1.29, 1.82) is 0 Å². The van der Waals surface area contributed by atoms with Crippen LogP contribution in [-0.4, -0.2) is 26.9 Å². The number of aryl methyl sites for hydroxylation is 2. The molecule has 2 aromatic rings. The molecular formula is C20H26N2O3S. The fraction of sp³-hybridized carbons (Fsp3) is 0.500. The molecule has 140 valence electrons. The third-order valence-electron chi connectivity index (χ3n) is 4.72. The van der Waals surface area contributed by atoms with Gasteiger partial charge in [0.1, 0.15) is 11.5 Å². The van der Waals surface area contributed by atoms with E-state index >= 15 is 0 Å². The van der Waals surface area contributed by atoms with Crippen molar-refractivity contribution >= 4 is 16.7 Å². The van der Waals surface area contributed by atoms with Gasteiger partial charge in [-0.3, -0.25) is 9.00 Å². The summed E-state index contributed by atoms with van der Waals surface area (Å²) in [5, 5.41) is 3.01. The predicted octanol–water partition coefficient (Wildman–Crippen LogP) is 3.66. The van der Waals surface area contributed by atoms with E-state index in [1.165, 1.54) is 6.42 Å². The van der Waals surface area contributed by atoms with Crippen LogP contribution in [0.1, 0.15) is 49.1 Å². The molecule has 1 N–H and O–H groups in total. The summed E-state index contributed by atoms with van der Waals surface area (Å²) in [5.41, 5.74) is 2.69. The topological polar surface area (TPSA) is 72.2 Å². The Labute approximate surface area is 157 Å². The maximum atomic E-state index is 12.4. The van der Waals surface area contributed by atoms with Gasteiger partial charge in [0.25, 0.3) is 0 Å². The molecule has 1 aliphatic carbocycles. The van der Waals surface area contributed by atoms with Crippen LogP contribution in [0.5, 0.6) is 0 Å². The van der Waals surface area contributed by atoms with Crippen LogP contribution in [0.3, 0.4) is 0 Å². The lowest BCUT2D eigenvalue weighted by atomic mass is 9.95. The summed E-state index contributed by atoms with van der Waals surface area (Å²) >= 11 is 0. The molecule has 0 radical (unpaired) electrons. The molecule has 1 heterocycles. The first-order valence-electron chi connectivity index (χ1n) is 9.19. The van der Waals surface area contributed by atoms with Gasteiger partial charge in [0.2, 0.25) is 11.8 Å². The van der Waals surface area contributed by atoms with Gasteiger partial charge in [-0.25, -0.2) is 4.98 Å². The first-order valence-corrected chi connectivity index (χ1v) is 10.7. The number of hydrogen-bond donors (Lipinski definition) is 1. The molecule has 1 aromatic carbocycles. The van der Waals surface area contributed by atoms with Crippen LogP contribution >= 0.6 is 0 Å².